The first-order valence-corrected chi connectivity index (χ1v) is 5.82. The van der Waals surface area contributed by atoms with Crippen molar-refractivity contribution in [2.24, 2.45) is 0 Å². The van der Waals surface area contributed by atoms with Gasteiger partial charge < -0.3 is 15.1 Å². The van der Waals surface area contributed by atoms with E-state index in [1.807, 2.05) is 50.1 Å². The van der Waals surface area contributed by atoms with E-state index in [1.165, 1.54) is 0 Å². The molecule has 0 aliphatic heterocycles. The summed E-state index contributed by atoms with van der Waals surface area (Å²) >= 11 is 0. The standard InChI is InChI=1S/C12H21N5O/c1-16(2)8-7-14-12(18)15-11-9-10(17(3)4)5-6-13-11/h5-6,9H,7-8H2,1-4H3,(H2,13,14,15,18). The lowest BCUT2D eigenvalue weighted by Crippen LogP contribution is -2.34. The SMILES string of the molecule is CN(C)CCNC(=O)Nc1cc(N(C)C)ccn1. The summed E-state index contributed by atoms with van der Waals surface area (Å²) < 4.78 is 0. The van der Waals surface area contributed by atoms with E-state index in [2.05, 4.69) is 15.6 Å². The highest BCUT2D eigenvalue weighted by atomic mass is 16.2. The Balaban J connectivity index is 2.46. The average Bonchev–Trinajstić information content (AvgIpc) is 2.28. The molecule has 1 aromatic rings. The molecule has 0 fully saturated rings. The van der Waals surface area contributed by atoms with Crippen LogP contribution in [-0.2, 0) is 0 Å². The second-order valence-corrected chi connectivity index (χ2v) is 4.48. The monoisotopic (exact) mass is 251 g/mol. The van der Waals surface area contributed by atoms with Gasteiger partial charge in [-0.05, 0) is 20.2 Å². The summed E-state index contributed by atoms with van der Waals surface area (Å²) in [5.41, 5.74) is 0.994. The zero-order valence-electron chi connectivity index (χ0n) is 11.4. The maximum Gasteiger partial charge on any atom is 0.320 e. The lowest BCUT2D eigenvalue weighted by atomic mass is 10.3. The molecule has 1 aromatic heterocycles. The molecule has 18 heavy (non-hydrogen) atoms. The fourth-order valence-electron chi connectivity index (χ4n) is 1.32. The fraction of sp³-hybridized carbons (Fsp3) is 0.500. The van der Waals surface area contributed by atoms with Crippen molar-refractivity contribution in [2.75, 3.05) is 51.5 Å². The van der Waals surface area contributed by atoms with Gasteiger partial charge in [0.2, 0.25) is 0 Å². The molecular weight excluding hydrogens is 230 g/mol. The van der Waals surface area contributed by atoms with Crippen LogP contribution in [0.2, 0.25) is 0 Å². The molecule has 6 heteroatoms. The van der Waals surface area contributed by atoms with Gasteiger partial charge in [-0.2, -0.15) is 0 Å². The number of likely N-dealkylation sites (N-methyl/N-ethyl adjacent to an activating group) is 1. The summed E-state index contributed by atoms with van der Waals surface area (Å²) in [4.78, 5) is 19.6. The highest BCUT2D eigenvalue weighted by Crippen LogP contribution is 2.13. The van der Waals surface area contributed by atoms with Gasteiger partial charge >= 0.3 is 6.03 Å². The molecular formula is C12H21N5O. The van der Waals surface area contributed by atoms with Crippen molar-refractivity contribution in [3.8, 4) is 0 Å². The van der Waals surface area contributed by atoms with Gasteiger partial charge in [0.15, 0.2) is 0 Å². The van der Waals surface area contributed by atoms with Crippen LogP contribution in [0.15, 0.2) is 18.3 Å². The van der Waals surface area contributed by atoms with Crippen LogP contribution in [0, 0.1) is 0 Å². The number of hydrogen-bond acceptors (Lipinski definition) is 4. The van der Waals surface area contributed by atoms with Gasteiger partial charge in [0.1, 0.15) is 5.82 Å². The number of carbonyl (C=O) groups is 1. The molecule has 0 radical (unpaired) electrons. The molecule has 100 valence electrons. The molecule has 1 rings (SSSR count). The van der Waals surface area contributed by atoms with E-state index < -0.39 is 0 Å². The van der Waals surface area contributed by atoms with E-state index in [-0.39, 0.29) is 6.03 Å². The molecule has 0 spiro atoms. The minimum Gasteiger partial charge on any atom is -0.378 e. The topological polar surface area (TPSA) is 60.5 Å². The number of carbonyl (C=O) groups excluding carboxylic acids is 1. The molecule has 0 aromatic carbocycles. The maximum absolute atomic E-state index is 11.6. The molecule has 0 atom stereocenters. The molecule has 1 heterocycles. The summed E-state index contributed by atoms with van der Waals surface area (Å²) in [6.07, 6.45) is 1.67. The highest BCUT2D eigenvalue weighted by molar-refractivity contribution is 5.88. The number of hydrogen-bond donors (Lipinski definition) is 2. The Hall–Kier alpha value is -1.82. The third kappa shape index (κ3) is 5.01. The Kier molecular flexibility index (Phi) is 5.38. The van der Waals surface area contributed by atoms with Crippen LogP contribution in [-0.4, -0.2) is 57.2 Å². The van der Waals surface area contributed by atoms with Crippen molar-refractivity contribution < 1.29 is 4.79 Å². The number of rotatable bonds is 5. The van der Waals surface area contributed by atoms with Crippen molar-refractivity contribution in [1.82, 2.24) is 15.2 Å². The summed E-state index contributed by atoms with van der Waals surface area (Å²) in [6.45, 7) is 1.41. The van der Waals surface area contributed by atoms with E-state index in [0.717, 1.165) is 12.2 Å². The van der Waals surface area contributed by atoms with E-state index in [0.29, 0.717) is 12.4 Å². The summed E-state index contributed by atoms with van der Waals surface area (Å²) in [6, 6.07) is 3.47. The predicted octanol–water partition coefficient (Wildman–Crippen LogP) is 0.831. The number of nitrogens with zero attached hydrogens (tertiary/aromatic N) is 3. The zero-order chi connectivity index (χ0) is 13.5. The van der Waals surface area contributed by atoms with Crippen LogP contribution in [0.25, 0.3) is 0 Å². The number of amides is 2. The average molecular weight is 251 g/mol. The second kappa shape index (κ2) is 6.80. The summed E-state index contributed by atoms with van der Waals surface area (Å²) in [5, 5.41) is 5.47. The van der Waals surface area contributed by atoms with Gasteiger partial charge in [-0.3, -0.25) is 5.32 Å². The smallest absolute Gasteiger partial charge is 0.320 e. The van der Waals surface area contributed by atoms with Crippen LogP contribution in [0.3, 0.4) is 0 Å². The Labute approximate surface area is 108 Å². The van der Waals surface area contributed by atoms with Crippen LogP contribution >= 0.6 is 0 Å². The molecule has 0 bridgehead atoms. The minimum atomic E-state index is -0.236. The van der Waals surface area contributed by atoms with Crippen LogP contribution < -0.4 is 15.5 Å². The molecule has 2 N–H and O–H groups in total. The summed E-state index contributed by atoms with van der Waals surface area (Å²) in [7, 11) is 7.80. The minimum absolute atomic E-state index is 0.236. The first-order chi connectivity index (χ1) is 8.49. The summed E-state index contributed by atoms with van der Waals surface area (Å²) in [5.74, 6) is 0.545. The first-order valence-electron chi connectivity index (χ1n) is 5.82. The van der Waals surface area contributed by atoms with Crippen molar-refractivity contribution in [3.63, 3.8) is 0 Å². The Morgan fingerprint density at radius 3 is 2.67 bits per heavy atom. The Morgan fingerprint density at radius 2 is 2.06 bits per heavy atom. The molecule has 0 saturated carbocycles. The number of pyridine rings is 1. The van der Waals surface area contributed by atoms with E-state index in [9.17, 15) is 4.79 Å². The number of nitrogens with one attached hydrogen (secondary N) is 2. The van der Waals surface area contributed by atoms with Crippen LogP contribution in [0.5, 0.6) is 0 Å². The lowest BCUT2D eigenvalue weighted by molar-refractivity contribution is 0.250. The molecule has 2 amide bonds. The van der Waals surface area contributed by atoms with E-state index in [4.69, 9.17) is 0 Å². The lowest BCUT2D eigenvalue weighted by Gasteiger charge is -2.14. The van der Waals surface area contributed by atoms with Crippen LogP contribution in [0.4, 0.5) is 16.3 Å². The Bertz CT molecular complexity index is 392. The maximum atomic E-state index is 11.6. The fourth-order valence-corrected chi connectivity index (χ4v) is 1.32. The largest absolute Gasteiger partial charge is 0.378 e. The normalized spacial score (nSPS) is 10.3. The van der Waals surface area contributed by atoms with Gasteiger partial charge in [-0.1, -0.05) is 0 Å². The van der Waals surface area contributed by atoms with Crippen molar-refractivity contribution in [3.05, 3.63) is 18.3 Å². The van der Waals surface area contributed by atoms with Gasteiger partial charge in [-0.15, -0.1) is 0 Å². The van der Waals surface area contributed by atoms with Crippen molar-refractivity contribution in [1.29, 1.82) is 0 Å². The van der Waals surface area contributed by atoms with Crippen molar-refractivity contribution in [2.45, 2.75) is 0 Å². The number of urea groups is 1. The van der Waals surface area contributed by atoms with Crippen molar-refractivity contribution >= 4 is 17.5 Å². The third-order valence-corrected chi connectivity index (χ3v) is 2.35. The molecule has 6 nitrogen and oxygen atoms in total. The highest BCUT2D eigenvalue weighted by Gasteiger charge is 2.03. The van der Waals surface area contributed by atoms with Crippen LogP contribution in [0.1, 0.15) is 0 Å². The van der Waals surface area contributed by atoms with E-state index >= 15 is 0 Å². The number of aromatic nitrogens is 1. The van der Waals surface area contributed by atoms with Gasteiger partial charge in [-0.25, -0.2) is 9.78 Å². The van der Waals surface area contributed by atoms with Gasteiger partial charge in [0.05, 0.1) is 0 Å². The first kappa shape index (κ1) is 14.2. The molecule has 0 aliphatic rings. The number of anilines is 2. The van der Waals surface area contributed by atoms with E-state index in [1.54, 1.807) is 6.20 Å². The third-order valence-electron chi connectivity index (χ3n) is 2.35. The molecule has 0 saturated heterocycles. The zero-order valence-corrected chi connectivity index (χ0v) is 11.4. The molecule has 0 unspecified atom stereocenters. The van der Waals surface area contributed by atoms with Gasteiger partial charge in [0.25, 0.3) is 0 Å². The predicted molar refractivity (Wildman–Crippen MR) is 74.1 cm³/mol. The molecule has 0 aliphatic carbocycles. The van der Waals surface area contributed by atoms with Gasteiger partial charge in [0, 0.05) is 45.1 Å². The quantitative estimate of drug-likeness (QED) is 0.814. The second-order valence-electron chi connectivity index (χ2n) is 4.48. The Morgan fingerprint density at radius 1 is 1.33 bits per heavy atom.